The molecule has 3 rings (SSSR count). The molecule has 0 saturated carbocycles. The summed E-state index contributed by atoms with van der Waals surface area (Å²) >= 11 is 0. The monoisotopic (exact) mass is 363 g/mol. The summed E-state index contributed by atoms with van der Waals surface area (Å²) in [6, 6.07) is 5.97. The first-order valence-corrected chi connectivity index (χ1v) is 9.64. The minimum absolute atomic E-state index is 0.0193. The highest BCUT2D eigenvalue weighted by molar-refractivity contribution is 5.93. The Balaban J connectivity index is 0.000000219. The Morgan fingerprint density at radius 1 is 0.704 bits per heavy atom. The molecule has 2 nitrogen and oxygen atoms in total. The van der Waals surface area contributed by atoms with E-state index < -0.39 is 0 Å². The number of carbonyl (C=O) groups excluding carboxylic acids is 1. The van der Waals surface area contributed by atoms with Crippen molar-refractivity contribution in [2.24, 2.45) is 17.6 Å². The Bertz CT molecular complexity index is 712. The van der Waals surface area contributed by atoms with Gasteiger partial charge in [-0.05, 0) is 34.1 Å². The first-order valence-electron chi connectivity index (χ1n) is 9.64. The summed E-state index contributed by atoms with van der Waals surface area (Å²) in [5, 5.41) is 0. The van der Waals surface area contributed by atoms with Gasteiger partial charge in [0.1, 0.15) is 0 Å². The summed E-state index contributed by atoms with van der Waals surface area (Å²) in [4.78, 5) is 11.4. The molecule has 0 fully saturated rings. The molecule has 0 bridgehead atoms. The molecule has 0 saturated heterocycles. The summed E-state index contributed by atoms with van der Waals surface area (Å²) in [6.45, 7) is 12.8. The fourth-order valence-corrected chi connectivity index (χ4v) is 3.05. The van der Waals surface area contributed by atoms with E-state index in [4.69, 9.17) is 5.73 Å². The molecule has 1 aromatic carbocycles. The van der Waals surface area contributed by atoms with E-state index in [1.54, 1.807) is 0 Å². The summed E-state index contributed by atoms with van der Waals surface area (Å²) in [7, 11) is 0. The predicted octanol–water partition coefficient (Wildman–Crippen LogP) is 5.85. The topological polar surface area (TPSA) is 43.1 Å². The van der Waals surface area contributed by atoms with Crippen LogP contribution in [-0.2, 0) is 10.8 Å². The number of nitrogens with two attached hydrogens (primary N) is 1. The van der Waals surface area contributed by atoms with Crippen molar-refractivity contribution in [3.63, 3.8) is 0 Å². The van der Waals surface area contributed by atoms with Crippen LogP contribution in [0.15, 0.2) is 66.8 Å². The minimum atomic E-state index is -0.360. The third-order valence-corrected chi connectivity index (χ3v) is 4.95. The Morgan fingerprint density at radius 2 is 1.04 bits per heavy atom. The third kappa shape index (κ3) is 5.82. The van der Waals surface area contributed by atoms with Gasteiger partial charge in [0.05, 0.1) is 0 Å². The van der Waals surface area contributed by atoms with E-state index >= 15 is 0 Å². The Hall–Kier alpha value is -2.35. The summed E-state index contributed by atoms with van der Waals surface area (Å²) in [5.74, 6) is 0.881. The van der Waals surface area contributed by atoms with Gasteiger partial charge in [-0.15, -0.1) is 0 Å². The maximum absolute atomic E-state index is 11.4. The van der Waals surface area contributed by atoms with Crippen molar-refractivity contribution < 1.29 is 4.79 Å². The van der Waals surface area contributed by atoms with Gasteiger partial charge in [-0.3, -0.25) is 4.79 Å². The average Bonchev–Trinajstić information content (AvgIpc) is 2.60. The molecule has 2 aliphatic rings. The van der Waals surface area contributed by atoms with Gasteiger partial charge in [-0.25, -0.2) is 0 Å². The van der Waals surface area contributed by atoms with Crippen molar-refractivity contribution in [2.75, 3.05) is 0 Å². The first kappa shape index (κ1) is 21.0. The zero-order valence-electron chi connectivity index (χ0n) is 17.5. The van der Waals surface area contributed by atoms with Crippen molar-refractivity contribution in [3.05, 3.63) is 83.5 Å². The lowest BCUT2D eigenvalue weighted by Gasteiger charge is -2.25. The number of fused-ring (bicyclic) bond motifs is 1. The molecular weight excluding hydrogens is 330 g/mol. The predicted molar refractivity (Wildman–Crippen MR) is 116 cm³/mol. The Labute approximate surface area is 164 Å². The van der Waals surface area contributed by atoms with Crippen LogP contribution in [0.3, 0.4) is 0 Å². The van der Waals surface area contributed by atoms with E-state index in [0.717, 1.165) is 11.1 Å². The molecule has 0 aliphatic heterocycles. The molecule has 1 amide bonds. The number of amides is 1. The molecule has 0 atom stereocenters. The Kier molecular flexibility index (Phi) is 6.30. The molecule has 27 heavy (non-hydrogen) atoms. The fourth-order valence-electron chi connectivity index (χ4n) is 3.05. The first-order chi connectivity index (χ1) is 12.5. The maximum Gasteiger partial charge on any atom is 0.248 e. The van der Waals surface area contributed by atoms with Crippen molar-refractivity contribution in [3.8, 4) is 0 Å². The van der Waals surface area contributed by atoms with Crippen molar-refractivity contribution in [1.82, 2.24) is 0 Å². The van der Waals surface area contributed by atoms with Crippen LogP contribution in [0.5, 0.6) is 0 Å². The molecular formula is C25H33NO. The SMILES string of the molecule is C1=CC2C=CC=CC2C=C1.CC(C)(C)c1cc(C(N)=O)cc(C(C)(C)C)c1. The van der Waals surface area contributed by atoms with E-state index in [2.05, 4.69) is 96.2 Å². The van der Waals surface area contributed by atoms with Gasteiger partial charge in [-0.2, -0.15) is 0 Å². The smallest absolute Gasteiger partial charge is 0.248 e. The largest absolute Gasteiger partial charge is 0.366 e. The fraction of sp³-hybridized carbons (Fsp3) is 0.400. The van der Waals surface area contributed by atoms with Gasteiger partial charge >= 0.3 is 0 Å². The van der Waals surface area contributed by atoms with Crippen LogP contribution in [0.2, 0.25) is 0 Å². The van der Waals surface area contributed by atoms with E-state index in [1.165, 1.54) is 0 Å². The maximum atomic E-state index is 11.4. The van der Waals surface area contributed by atoms with Gasteiger partial charge in [-0.1, -0.05) is 96.2 Å². The summed E-state index contributed by atoms with van der Waals surface area (Å²) in [5.41, 5.74) is 8.34. The average molecular weight is 364 g/mol. The highest BCUT2D eigenvalue weighted by Crippen LogP contribution is 2.30. The summed E-state index contributed by atoms with van der Waals surface area (Å²) < 4.78 is 0. The van der Waals surface area contributed by atoms with Crippen LogP contribution in [-0.4, -0.2) is 5.91 Å². The number of hydrogen-bond acceptors (Lipinski definition) is 1. The minimum Gasteiger partial charge on any atom is -0.366 e. The molecule has 2 aliphatic carbocycles. The van der Waals surface area contributed by atoms with Gasteiger partial charge in [0.2, 0.25) is 5.91 Å². The van der Waals surface area contributed by atoms with Crippen LogP contribution in [0.25, 0.3) is 0 Å². The molecule has 0 heterocycles. The molecule has 2 heteroatoms. The third-order valence-electron chi connectivity index (χ3n) is 4.95. The van der Waals surface area contributed by atoms with Crippen LogP contribution in [0.4, 0.5) is 0 Å². The van der Waals surface area contributed by atoms with Crippen LogP contribution >= 0.6 is 0 Å². The highest BCUT2D eigenvalue weighted by Gasteiger charge is 2.21. The number of primary amides is 1. The zero-order valence-corrected chi connectivity index (χ0v) is 17.5. The van der Waals surface area contributed by atoms with E-state index in [-0.39, 0.29) is 16.7 Å². The lowest BCUT2D eigenvalue weighted by Crippen LogP contribution is -2.20. The van der Waals surface area contributed by atoms with Crippen LogP contribution in [0, 0.1) is 11.8 Å². The Morgan fingerprint density at radius 3 is 1.30 bits per heavy atom. The lowest BCUT2D eigenvalue weighted by molar-refractivity contribution is 0.1000. The van der Waals surface area contributed by atoms with Crippen molar-refractivity contribution in [2.45, 2.75) is 52.4 Å². The van der Waals surface area contributed by atoms with E-state index in [9.17, 15) is 4.79 Å². The summed E-state index contributed by atoms with van der Waals surface area (Å²) in [6.07, 6.45) is 17.4. The van der Waals surface area contributed by atoms with Gasteiger partial charge < -0.3 is 5.73 Å². The highest BCUT2D eigenvalue weighted by atomic mass is 16.1. The molecule has 144 valence electrons. The number of hydrogen-bond donors (Lipinski definition) is 1. The van der Waals surface area contributed by atoms with E-state index in [1.807, 2.05) is 12.1 Å². The number of rotatable bonds is 1. The molecule has 2 N–H and O–H groups in total. The van der Waals surface area contributed by atoms with Gasteiger partial charge in [0.15, 0.2) is 0 Å². The second-order valence-corrected chi connectivity index (χ2v) is 9.36. The molecule has 0 spiro atoms. The molecule has 0 aromatic heterocycles. The van der Waals surface area contributed by atoms with Crippen molar-refractivity contribution in [1.29, 1.82) is 0 Å². The van der Waals surface area contributed by atoms with Crippen LogP contribution in [0.1, 0.15) is 63.0 Å². The molecule has 1 aromatic rings. The van der Waals surface area contributed by atoms with Gasteiger partial charge in [0, 0.05) is 17.4 Å². The number of benzene rings is 1. The lowest BCUT2D eigenvalue weighted by atomic mass is 9.79. The second kappa shape index (κ2) is 8.12. The van der Waals surface area contributed by atoms with Crippen LogP contribution < -0.4 is 5.73 Å². The zero-order chi connectivity index (χ0) is 20.2. The normalized spacial score (nSPS) is 20.7. The second-order valence-electron chi connectivity index (χ2n) is 9.36. The number of carbonyl (C=O) groups is 1. The number of allylic oxidation sites excluding steroid dienone is 8. The van der Waals surface area contributed by atoms with Crippen molar-refractivity contribution >= 4 is 5.91 Å². The van der Waals surface area contributed by atoms with E-state index in [0.29, 0.717) is 17.4 Å². The standard InChI is InChI=1S/C15H23NO.C10H10/c1-14(2,3)11-7-10(13(16)17)8-12(9-11)15(4,5)6;1-2-6-10-8-4-3-7-9(10)5-1/h7-9H,1-6H3,(H2,16,17);1-10H. The van der Waals surface area contributed by atoms with Gasteiger partial charge in [0.25, 0.3) is 0 Å². The molecule has 0 unspecified atom stereocenters. The quantitative estimate of drug-likeness (QED) is 0.668. The molecule has 0 radical (unpaired) electrons.